The van der Waals surface area contributed by atoms with Gasteiger partial charge >= 0.3 is 5.97 Å². The zero-order chi connectivity index (χ0) is 11.8. The molecule has 2 unspecified atom stereocenters. The van der Waals surface area contributed by atoms with Crippen LogP contribution in [0.5, 0.6) is 0 Å². The maximum Gasteiger partial charge on any atom is 0.306 e. The Hall–Kier alpha value is -0.790. The van der Waals surface area contributed by atoms with Gasteiger partial charge in [0.2, 0.25) is 0 Å². The highest BCUT2D eigenvalue weighted by Gasteiger charge is 2.20. The molecule has 0 bridgehead atoms. The molecule has 2 heteroatoms. The molecule has 0 radical (unpaired) electrons. The minimum absolute atomic E-state index is 0.194. The SMILES string of the molecule is CCCCCC(C=C(C)C)C(C)C(=O)O. The zero-order valence-electron chi connectivity index (χ0n) is 10.4. The smallest absolute Gasteiger partial charge is 0.306 e. The second-order valence-corrected chi connectivity index (χ2v) is 4.53. The lowest BCUT2D eigenvalue weighted by molar-refractivity contribution is -0.142. The molecule has 0 aliphatic heterocycles. The van der Waals surface area contributed by atoms with Crippen molar-refractivity contribution in [2.45, 2.75) is 53.4 Å². The Kier molecular flexibility index (Phi) is 7.10. The van der Waals surface area contributed by atoms with Gasteiger partial charge in [-0.25, -0.2) is 0 Å². The zero-order valence-corrected chi connectivity index (χ0v) is 10.4. The molecule has 2 nitrogen and oxygen atoms in total. The Morgan fingerprint density at radius 1 is 1.33 bits per heavy atom. The van der Waals surface area contributed by atoms with Gasteiger partial charge in [-0.15, -0.1) is 0 Å². The Balaban J connectivity index is 4.31. The van der Waals surface area contributed by atoms with Gasteiger partial charge < -0.3 is 5.11 Å². The number of rotatable bonds is 7. The number of unbranched alkanes of at least 4 members (excludes halogenated alkanes) is 2. The number of carboxylic acid groups (broad SMARTS) is 1. The molecule has 0 fully saturated rings. The molecular formula is C13H24O2. The van der Waals surface area contributed by atoms with Crippen LogP contribution < -0.4 is 0 Å². The summed E-state index contributed by atoms with van der Waals surface area (Å²) in [6.07, 6.45) is 6.60. The molecule has 2 atom stereocenters. The summed E-state index contributed by atoms with van der Waals surface area (Å²) in [5, 5.41) is 8.99. The number of aliphatic carboxylic acids is 1. The molecule has 0 aromatic rings. The van der Waals surface area contributed by atoms with Gasteiger partial charge in [0.05, 0.1) is 5.92 Å². The standard InChI is InChI=1S/C13H24O2/c1-5-6-7-8-12(9-10(2)3)11(4)13(14)15/h9,11-12H,5-8H2,1-4H3,(H,14,15). The average molecular weight is 212 g/mol. The van der Waals surface area contributed by atoms with Crippen LogP contribution in [0.1, 0.15) is 53.4 Å². The first-order valence-electron chi connectivity index (χ1n) is 5.86. The summed E-state index contributed by atoms with van der Waals surface area (Å²) in [6, 6.07) is 0. The molecule has 0 aliphatic carbocycles. The first-order chi connectivity index (χ1) is 6.99. The fourth-order valence-electron chi connectivity index (χ4n) is 1.72. The fraction of sp³-hybridized carbons (Fsp3) is 0.769. The summed E-state index contributed by atoms with van der Waals surface area (Å²) in [5.41, 5.74) is 1.21. The summed E-state index contributed by atoms with van der Waals surface area (Å²) >= 11 is 0. The molecule has 1 N–H and O–H groups in total. The van der Waals surface area contributed by atoms with E-state index in [1.54, 1.807) is 6.92 Å². The van der Waals surface area contributed by atoms with E-state index in [2.05, 4.69) is 13.0 Å². The number of hydrogen-bond donors (Lipinski definition) is 1. The quantitative estimate of drug-likeness (QED) is 0.514. The van der Waals surface area contributed by atoms with E-state index >= 15 is 0 Å². The lowest BCUT2D eigenvalue weighted by atomic mass is 9.87. The lowest BCUT2D eigenvalue weighted by Gasteiger charge is -2.17. The van der Waals surface area contributed by atoms with Crippen molar-refractivity contribution in [1.29, 1.82) is 0 Å². The van der Waals surface area contributed by atoms with Crippen LogP contribution in [0.2, 0.25) is 0 Å². The van der Waals surface area contributed by atoms with E-state index in [0.29, 0.717) is 0 Å². The third-order valence-corrected chi connectivity index (χ3v) is 2.72. The van der Waals surface area contributed by atoms with E-state index in [0.717, 1.165) is 12.8 Å². The van der Waals surface area contributed by atoms with Crippen LogP contribution in [0.3, 0.4) is 0 Å². The summed E-state index contributed by atoms with van der Waals surface area (Å²) in [5.74, 6) is -0.759. The van der Waals surface area contributed by atoms with Crippen molar-refractivity contribution in [3.05, 3.63) is 11.6 Å². The normalized spacial score (nSPS) is 14.4. The lowest BCUT2D eigenvalue weighted by Crippen LogP contribution is -2.19. The van der Waals surface area contributed by atoms with Crippen molar-refractivity contribution in [3.8, 4) is 0 Å². The van der Waals surface area contributed by atoms with Crippen molar-refractivity contribution in [2.75, 3.05) is 0 Å². The largest absolute Gasteiger partial charge is 0.481 e. The van der Waals surface area contributed by atoms with Gasteiger partial charge in [0, 0.05) is 0 Å². The molecule has 0 spiro atoms. The van der Waals surface area contributed by atoms with Crippen molar-refractivity contribution >= 4 is 5.97 Å². The third kappa shape index (κ3) is 6.32. The Bertz CT molecular complexity index is 215. The molecule has 0 aromatic carbocycles. The minimum Gasteiger partial charge on any atom is -0.481 e. The first kappa shape index (κ1) is 14.2. The predicted molar refractivity (Wildman–Crippen MR) is 63.9 cm³/mol. The van der Waals surface area contributed by atoms with Gasteiger partial charge in [-0.05, 0) is 26.2 Å². The Labute approximate surface area is 93.4 Å². The molecule has 0 saturated heterocycles. The first-order valence-corrected chi connectivity index (χ1v) is 5.86. The molecule has 0 rings (SSSR count). The highest BCUT2D eigenvalue weighted by Crippen LogP contribution is 2.22. The molecular weight excluding hydrogens is 188 g/mol. The predicted octanol–water partition coefficient (Wildman–Crippen LogP) is 3.87. The van der Waals surface area contributed by atoms with Crippen LogP contribution >= 0.6 is 0 Å². The highest BCUT2D eigenvalue weighted by molar-refractivity contribution is 5.70. The van der Waals surface area contributed by atoms with Crippen LogP contribution in [0.25, 0.3) is 0 Å². The molecule has 15 heavy (non-hydrogen) atoms. The van der Waals surface area contributed by atoms with Crippen LogP contribution in [0, 0.1) is 11.8 Å². The number of allylic oxidation sites excluding steroid dienone is 2. The van der Waals surface area contributed by atoms with Crippen molar-refractivity contribution in [2.24, 2.45) is 11.8 Å². The van der Waals surface area contributed by atoms with Crippen LogP contribution in [0.4, 0.5) is 0 Å². The topological polar surface area (TPSA) is 37.3 Å². The monoisotopic (exact) mass is 212 g/mol. The molecule has 0 saturated carbocycles. The molecule has 0 aliphatic rings. The van der Waals surface area contributed by atoms with Crippen molar-refractivity contribution < 1.29 is 9.90 Å². The van der Waals surface area contributed by atoms with E-state index in [1.807, 2.05) is 13.8 Å². The maximum atomic E-state index is 10.9. The maximum absolute atomic E-state index is 10.9. The van der Waals surface area contributed by atoms with Gasteiger partial charge in [0.15, 0.2) is 0 Å². The van der Waals surface area contributed by atoms with Gasteiger partial charge in [-0.3, -0.25) is 4.79 Å². The van der Waals surface area contributed by atoms with E-state index < -0.39 is 5.97 Å². The molecule has 88 valence electrons. The summed E-state index contributed by atoms with van der Waals surface area (Å²) in [4.78, 5) is 10.9. The Morgan fingerprint density at radius 3 is 2.33 bits per heavy atom. The second-order valence-electron chi connectivity index (χ2n) is 4.53. The van der Waals surface area contributed by atoms with Crippen LogP contribution in [0.15, 0.2) is 11.6 Å². The highest BCUT2D eigenvalue weighted by atomic mass is 16.4. The number of hydrogen-bond acceptors (Lipinski definition) is 1. The minimum atomic E-state index is -0.686. The van der Waals surface area contributed by atoms with Crippen LogP contribution in [-0.4, -0.2) is 11.1 Å². The summed E-state index contributed by atoms with van der Waals surface area (Å²) in [7, 11) is 0. The average Bonchev–Trinajstić information content (AvgIpc) is 2.14. The van der Waals surface area contributed by atoms with Gasteiger partial charge in [-0.2, -0.15) is 0 Å². The second kappa shape index (κ2) is 7.49. The summed E-state index contributed by atoms with van der Waals surface area (Å²) in [6.45, 7) is 8.03. The molecule has 0 amide bonds. The molecule has 0 heterocycles. The van der Waals surface area contributed by atoms with Crippen molar-refractivity contribution in [1.82, 2.24) is 0 Å². The van der Waals surface area contributed by atoms with Crippen molar-refractivity contribution in [3.63, 3.8) is 0 Å². The van der Waals surface area contributed by atoms with E-state index in [9.17, 15) is 4.79 Å². The third-order valence-electron chi connectivity index (χ3n) is 2.72. The van der Waals surface area contributed by atoms with Gasteiger partial charge in [-0.1, -0.05) is 44.8 Å². The van der Waals surface area contributed by atoms with E-state index in [1.165, 1.54) is 18.4 Å². The fourth-order valence-corrected chi connectivity index (χ4v) is 1.72. The van der Waals surface area contributed by atoms with Crippen LogP contribution in [-0.2, 0) is 4.79 Å². The van der Waals surface area contributed by atoms with E-state index in [4.69, 9.17) is 5.11 Å². The Morgan fingerprint density at radius 2 is 1.93 bits per heavy atom. The van der Waals surface area contributed by atoms with Gasteiger partial charge in [0.25, 0.3) is 0 Å². The molecule has 0 aromatic heterocycles. The van der Waals surface area contributed by atoms with E-state index in [-0.39, 0.29) is 11.8 Å². The number of carbonyl (C=O) groups is 1. The summed E-state index contributed by atoms with van der Waals surface area (Å²) < 4.78 is 0. The number of carboxylic acids is 1. The van der Waals surface area contributed by atoms with Gasteiger partial charge in [0.1, 0.15) is 0 Å².